The van der Waals surface area contributed by atoms with Crippen LogP contribution in [0.25, 0.3) is 0 Å². The molecule has 0 atom stereocenters. The van der Waals surface area contributed by atoms with Gasteiger partial charge in [0.15, 0.2) is 0 Å². The van der Waals surface area contributed by atoms with Crippen LogP contribution in [-0.4, -0.2) is 30.7 Å². The summed E-state index contributed by atoms with van der Waals surface area (Å²) in [6.45, 7) is 1.92. The minimum Gasteiger partial charge on any atom is -0.465 e. The Kier molecular flexibility index (Phi) is 4.70. The van der Waals surface area contributed by atoms with Gasteiger partial charge < -0.3 is 4.74 Å². The Bertz CT molecular complexity index is 784. The normalized spacial score (nSPS) is 13.8. The van der Waals surface area contributed by atoms with Crippen LogP contribution in [0.15, 0.2) is 59.6 Å². The molecule has 2 aromatic rings. The average Bonchev–Trinajstić information content (AvgIpc) is 2.73. The van der Waals surface area contributed by atoms with Crippen LogP contribution in [0.2, 0.25) is 0 Å². The van der Waals surface area contributed by atoms with Crippen LogP contribution in [0.5, 0.6) is 0 Å². The minimum atomic E-state index is -0.427. The van der Waals surface area contributed by atoms with Crippen LogP contribution in [0.3, 0.4) is 0 Å². The largest absolute Gasteiger partial charge is 0.465 e. The lowest BCUT2D eigenvalue weighted by Crippen LogP contribution is -2.36. The van der Waals surface area contributed by atoms with Gasteiger partial charge in [-0.05, 0) is 24.6 Å². The predicted octanol–water partition coefficient (Wildman–Crippen LogP) is 3.11. The van der Waals surface area contributed by atoms with Gasteiger partial charge in [0.2, 0.25) is 5.91 Å². The van der Waals surface area contributed by atoms with Crippen molar-refractivity contribution in [1.82, 2.24) is 0 Å². The van der Waals surface area contributed by atoms with Crippen molar-refractivity contribution < 1.29 is 14.3 Å². The molecular weight excluding hydrogens is 304 g/mol. The third kappa shape index (κ3) is 3.35. The molecule has 0 spiro atoms. The summed E-state index contributed by atoms with van der Waals surface area (Å²) in [5.74, 6) is -0.598. The van der Waals surface area contributed by atoms with Gasteiger partial charge in [0, 0.05) is 0 Å². The predicted molar refractivity (Wildman–Crippen MR) is 92.7 cm³/mol. The van der Waals surface area contributed by atoms with Gasteiger partial charge in [-0.25, -0.2) is 0 Å². The van der Waals surface area contributed by atoms with Crippen molar-refractivity contribution in [2.75, 3.05) is 18.1 Å². The molecule has 5 heteroatoms. The van der Waals surface area contributed by atoms with E-state index >= 15 is 0 Å². The lowest BCUT2D eigenvalue weighted by Gasteiger charge is -2.21. The van der Waals surface area contributed by atoms with Crippen molar-refractivity contribution in [3.05, 3.63) is 60.2 Å². The first-order valence-corrected chi connectivity index (χ1v) is 7.87. The Balaban J connectivity index is 1.99. The van der Waals surface area contributed by atoms with E-state index in [0.717, 1.165) is 5.56 Å². The van der Waals surface area contributed by atoms with Crippen LogP contribution in [0, 0.1) is 0 Å². The summed E-state index contributed by atoms with van der Waals surface area (Å²) in [5.41, 5.74) is 2.89. The van der Waals surface area contributed by atoms with E-state index in [9.17, 15) is 9.59 Å². The number of para-hydroxylation sites is 2. The van der Waals surface area contributed by atoms with Gasteiger partial charge >= 0.3 is 5.97 Å². The zero-order valence-corrected chi connectivity index (χ0v) is 13.4. The number of esters is 1. The van der Waals surface area contributed by atoms with Gasteiger partial charge in [-0.1, -0.05) is 42.5 Å². The van der Waals surface area contributed by atoms with Crippen LogP contribution in [-0.2, 0) is 14.3 Å². The fourth-order valence-corrected chi connectivity index (χ4v) is 2.65. The van der Waals surface area contributed by atoms with Crippen LogP contribution >= 0.6 is 0 Å². The Labute approximate surface area is 140 Å². The number of fused-ring (bicyclic) bond motifs is 1. The van der Waals surface area contributed by atoms with E-state index in [-0.39, 0.29) is 25.5 Å². The number of amides is 1. The van der Waals surface area contributed by atoms with Crippen molar-refractivity contribution in [2.45, 2.75) is 13.3 Å². The number of anilines is 1. The summed E-state index contributed by atoms with van der Waals surface area (Å²) < 4.78 is 4.99. The maximum absolute atomic E-state index is 12.7. The first-order valence-electron chi connectivity index (χ1n) is 7.87. The molecule has 1 aliphatic rings. The maximum atomic E-state index is 12.7. The number of ether oxygens (including phenoxy) is 1. The highest BCUT2D eigenvalue weighted by atomic mass is 16.5. The molecule has 1 amide bonds. The highest BCUT2D eigenvalue weighted by Crippen LogP contribution is 2.32. The highest BCUT2D eigenvalue weighted by molar-refractivity contribution is 6.18. The SMILES string of the molecule is CCOC(=O)CN1C(=O)CC(c2ccccc2)=Nc2ccccc21. The van der Waals surface area contributed by atoms with Crippen molar-refractivity contribution in [1.29, 1.82) is 0 Å². The fourth-order valence-electron chi connectivity index (χ4n) is 2.65. The van der Waals surface area contributed by atoms with Crippen molar-refractivity contribution in [2.24, 2.45) is 4.99 Å². The molecule has 5 nitrogen and oxygen atoms in total. The second-order valence-electron chi connectivity index (χ2n) is 5.37. The van der Waals surface area contributed by atoms with Crippen LogP contribution < -0.4 is 4.90 Å². The monoisotopic (exact) mass is 322 g/mol. The number of carbonyl (C=O) groups excluding carboxylic acids is 2. The van der Waals surface area contributed by atoms with Crippen molar-refractivity contribution in [3.63, 3.8) is 0 Å². The number of rotatable bonds is 4. The Morgan fingerprint density at radius 2 is 1.83 bits per heavy atom. The molecule has 0 saturated heterocycles. The number of benzene rings is 2. The van der Waals surface area contributed by atoms with E-state index in [2.05, 4.69) is 4.99 Å². The van der Waals surface area contributed by atoms with E-state index in [1.165, 1.54) is 4.90 Å². The van der Waals surface area contributed by atoms with Gasteiger partial charge in [0.1, 0.15) is 6.54 Å². The topological polar surface area (TPSA) is 59.0 Å². The second-order valence-corrected chi connectivity index (χ2v) is 5.37. The third-order valence-corrected chi connectivity index (χ3v) is 3.75. The van der Waals surface area contributed by atoms with Gasteiger partial charge in [-0.15, -0.1) is 0 Å². The molecule has 0 unspecified atom stereocenters. The van der Waals surface area contributed by atoms with Gasteiger partial charge in [-0.2, -0.15) is 0 Å². The third-order valence-electron chi connectivity index (χ3n) is 3.75. The quantitative estimate of drug-likeness (QED) is 0.813. The standard InChI is InChI=1S/C19H18N2O3/c1-2-24-19(23)13-21-17-11-7-6-10-15(17)20-16(12-18(21)22)14-8-4-3-5-9-14/h3-11H,2,12-13H2,1H3. The second kappa shape index (κ2) is 7.08. The molecule has 1 heterocycles. The molecule has 0 radical (unpaired) electrons. The number of hydrogen-bond donors (Lipinski definition) is 0. The zero-order valence-electron chi connectivity index (χ0n) is 13.4. The summed E-state index contributed by atoms with van der Waals surface area (Å²) in [4.78, 5) is 30.7. The molecule has 0 fully saturated rings. The average molecular weight is 322 g/mol. The smallest absolute Gasteiger partial charge is 0.326 e. The molecule has 0 N–H and O–H groups in total. The summed E-state index contributed by atoms with van der Waals surface area (Å²) >= 11 is 0. The molecule has 0 aromatic heterocycles. The van der Waals surface area contributed by atoms with E-state index in [1.54, 1.807) is 13.0 Å². The molecule has 122 valence electrons. The lowest BCUT2D eigenvalue weighted by atomic mass is 10.1. The van der Waals surface area contributed by atoms with Gasteiger partial charge in [0.25, 0.3) is 0 Å². The van der Waals surface area contributed by atoms with Crippen molar-refractivity contribution in [3.8, 4) is 0 Å². The number of aliphatic imine (C=N–C) groups is 1. The Morgan fingerprint density at radius 1 is 1.12 bits per heavy atom. The zero-order chi connectivity index (χ0) is 16.9. The molecule has 0 aliphatic carbocycles. The van der Waals surface area contributed by atoms with E-state index < -0.39 is 5.97 Å². The summed E-state index contributed by atoms with van der Waals surface area (Å²) in [6.07, 6.45) is 0.137. The van der Waals surface area contributed by atoms with Gasteiger partial charge in [0.05, 0.1) is 30.1 Å². The first-order chi connectivity index (χ1) is 11.7. The molecule has 0 saturated carbocycles. The van der Waals surface area contributed by atoms with E-state index in [1.807, 2.05) is 48.5 Å². The summed E-state index contributed by atoms with van der Waals surface area (Å²) in [6, 6.07) is 16.9. The first kappa shape index (κ1) is 15.9. The Morgan fingerprint density at radius 3 is 2.58 bits per heavy atom. The minimum absolute atomic E-state index is 0.110. The van der Waals surface area contributed by atoms with Crippen LogP contribution in [0.1, 0.15) is 18.9 Å². The number of nitrogens with zero attached hydrogens (tertiary/aromatic N) is 2. The van der Waals surface area contributed by atoms with Crippen molar-refractivity contribution >= 4 is 29.0 Å². The lowest BCUT2D eigenvalue weighted by molar-refractivity contribution is -0.142. The Hall–Kier alpha value is -2.95. The van der Waals surface area contributed by atoms with E-state index in [4.69, 9.17) is 4.74 Å². The highest BCUT2D eigenvalue weighted by Gasteiger charge is 2.26. The molecule has 2 aromatic carbocycles. The molecule has 1 aliphatic heterocycles. The number of hydrogen-bond acceptors (Lipinski definition) is 4. The van der Waals surface area contributed by atoms with E-state index in [0.29, 0.717) is 17.1 Å². The molecule has 0 bridgehead atoms. The molecule has 3 rings (SSSR count). The molecule has 24 heavy (non-hydrogen) atoms. The summed E-state index contributed by atoms with van der Waals surface area (Å²) in [7, 11) is 0. The molecular formula is C19H18N2O3. The van der Waals surface area contributed by atoms with Gasteiger partial charge in [-0.3, -0.25) is 19.5 Å². The summed E-state index contributed by atoms with van der Waals surface area (Å²) in [5, 5.41) is 0. The fraction of sp³-hybridized carbons (Fsp3) is 0.211. The maximum Gasteiger partial charge on any atom is 0.326 e. The number of carbonyl (C=O) groups is 2. The van der Waals surface area contributed by atoms with Crippen LogP contribution in [0.4, 0.5) is 11.4 Å².